The molecule has 0 bridgehead atoms. The highest BCUT2D eigenvalue weighted by molar-refractivity contribution is 5.24. The van der Waals surface area contributed by atoms with Crippen LogP contribution in [0.25, 0.3) is 0 Å². The molecule has 0 atom stereocenters. The molecular weight excluding hydrogens is 224 g/mol. The number of rotatable bonds is 3. The topological polar surface area (TPSA) is 45.9 Å². The van der Waals surface area contributed by atoms with Gasteiger partial charge in [-0.25, -0.2) is 4.98 Å². The smallest absolute Gasteiger partial charge is 0.140 e. The number of pyridine rings is 1. The van der Waals surface area contributed by atoms with Crippen LogP contribution < -0.4 is 0 Å². The molecule has 0 aromatic carbocycles. The van der Waals surface area contributed by atoms with Crippen LogP contribution in [0.4, 0.5) is 0 Å². The summed E-state index contributed by atoms with van der Waals surface area (Å²) < 4.78 is 5.92. The van der Waals surface area contributed by atoms with E-state index in [4.69, 9.17) is 10.00 Å². The second-order valence-corrected chi connectivity index (χ2v) is 5.84. The highest BCUT2D eigenvalue weighted by Crippen LogP contribution is 2.36. The second kappa shape index (κ2) is 5.49. The third kappa shape index (κ3) is 3.54. The van der Waals surface area contributed by atoms with Gasteiger partial charge in [0.15, 0.2) is 0 Å². The molecule has 0 saturated heterocycles. The van der Waals surface area contributed by atoms with Crippen molar-refractivity contribution in [2.75, 3.05) is 0 Å². The molecular formula is C15H20N2O. The molecule has 1 saturated carbocycles. The van der Waals surface area contributed by atoms with Crippen molar-refractivity contribution in [3.8, 4) is 6.07 Å². The van der Waals surface area contributed by atoms with E-state index in [1.807, 2.05) is 12.1 Å². The van der Waals surface area contributed by atoms with Crippen LogP contribution in [-0.4, -0.2) is 11.1 Å². The van der Waals surface area contributed by atoms with Crippen molar-refractivity contribution < 1.29 is 4.74 Å². The zero-order chi connectivity index (χ0) is 13.0. The van der Waals surface area contributed by atoms with Gasteiger partial charge in [-0.3, -0.25) is 0 Å². The molecule has 1 fully saturated rings. The second-order valence-electron chi connectivity index (χ2n) is 5.84. The third-order valence-corrected chi connectivity index (χ3v) is 3.71. The highest BCUT2D eigenvalue weighted by Gasteiger charge is 2.27. The number of hydrogen-bond acceptors (Lipinski definition) is 3. The summed E-state index contributed by atoms with van der Waals surface area (Å²) >= 11 is 0. The Bertz CT molecular complexity index is 438. The van der Waals surface area contributed by atoms with Gasteiger partial charge in [0.05, 0.1) is 12.7 Å². The summed E-state index contributed by atoms with van der Waals surface area (Å²) in [6.07, 6.45) is 6.79. The lowest BCUT2D eigenvalue weighted by molar-refractivity contribution is -0.00561. The van der Waals surface area contributed by atoms with Crippen LogP contribution in [0.15, 0.2) is 18.3 Å². The van der Waals surface area contributed by atoms with Gasteiger partial charge < -0.3 is 4.74 Å². The molecule has 1 aromatic rings. The third-order valence-electron chi connectivity index (χ3n) is 3.71. The molecule has 3 nitrogen and oxygen atoms in total. The van der Waals surface area contributed by atoms with Crippen molar-refractivity contribution in [1.82, 2.24) is 4.98 Å². The van der Waals surface area contributed by atoms with Gasteiger partial charge in [0.2, 0.25) is 0 Å². The zero-order valence-corrected chi connectivity index (χ0v) is 11.1. The van der Waals surface area contributed by atoms with Crippen LogP contribution in [0.1, 0.15) is 50.8 Å². The van der Waals surface area contributed by atoms with E-state index >= 15 is 0 Å². The van der Waals surface area contributed by atoms with E-state index in [9.17, 15) is 0 Å². The molecule has 0 amide bonds. The SMILES string of the molecule is CC1(C)CCC(OCc2ccnc(C#N)c2)CC1. The maximum Gasteiger partial charge on any atom is 0.140 e. The quantitative estimate of drug-likeness (QED) is 0.818. The van der Waals surface area contributed by atoms with Gasteiger partial charge in [-0.05, 0) is 48.8 Å². The molecule has 0 unspecified atom stereocenters. The number of ether oxygens (including phenoxy) is 1. The lowest BCUT2D eigenvalue weighted by Gasteiger charge is -2.34. The first kappa shape index (κ1) is 13.0. The van der Waals surface area contributed by atoms with Crippen LogP contribution in [0, 0.1) is 16.7 Å². The van der Waals surface area contributed by atoms with Gasteiger partial charge in [-0.1, -0.05) is 13.8 Å². The van der Waals surface area contributed by atoms with Crippen molar-refractivity contribution >= 4 is 0 Å². The van der Waals surface area contributed by atoms with Gasteiger partial charge >= 0.3 is 0 Å². The maximum atomic E-state index is 8.78. The van der Waals surface area contributed by atoms with E-state index in [0.29, 0.717) is 23.8 Å². The molecule has 0 N–H and O–H groups in total. The minimum atomic E-state index is 0.372. The van der Waals surface area contributed by atoms with Crippen LogP contribution in [0.2, 0.25) is 0 Å². The molecule has 1 aromatic heterocycles. The first-order chi connectivity index (χ1) is 8.59. The van der Waals surface area contributed by atoms with Crippen molar-refractivity contribution in [2.45, 2.75) is 52.2 Å². The fourth-order valence-electron chi connectivity index (χ4n) is 2.38. The Hall–Kier alpha value is -1.40. The summed E-state index contributed by atoms with van der Waals surface area (Å²) in [5.41, 5.74) is 1.97. The molecule has 18 heavy (non-hydrogen) atoms. The Kier molecular flexibility index (Phi) is 3.98. The van der Waals surface area contributed by atoms with Crippen LogP contribution in [0.5, 0.6) is 0 Å². The Labute approximate surface area is 109 Å². The number of nitrogens with zero attached hydrogens (tertiary/aromatic N) is 2. The molecule has 1 heterocycles. The summed E-state index contributed by atoms with van der Waals surface area (Å²) in [5, 5.41) is 8.78. The summed E-state index contributed by atoms with van der Waals surface area (Å²) in [6, 6.07) is 5.76. The van der Waals surface area contributed by atoms with Crippen molar-refractivity contribution in [3.63, 3.8) is 0 Å². The number of aromatic nitrogens is 1. The van der Waals surface area contributed by atoms with Crippen LogP contribution in [0.3, 0.4) is 0 Å². The van der Waals surface area contributed by atoms with Gasteiger partial charge in [0.25, 0.3) is 0 Å². The lowest BCUT2D eigenvalue weighted by atomic mass is 9.76. The Morgan fingerprint density at radius 2 is 2.17 bits per heavy atom. The summed E-state index contributed by atoms with van der Waals surface area (Å²) in [5.74, 6) is 0. The van der Waals surface area contributed by atoms with E-state index in [0.717, 1.165) is 18.4 Å². The monoisotopic (exact) mass is 244 g/mol. The summed E-state index contributed by atoms with van der Waals surface area (Å²) in [6.45, 7) is 5.23. The molecule has 0 radical (unpaired) electrons. The average molecular weight is 244 g/mol. The molecule has 0 spiro atoms. The molecule has 96 valence electrons. The predicted octanol–water partition coefficient (Wildman–Crippen LogP) is 3.44. The Balaban J connectivity index is 1.83. The van der Waals surface area contributed by atoms with Gasteiger partial charge in [0, 0.05) is 6.20 Å². The molecule has 3 heteroatoms. The lowest BCUT2D eigenvalue weighted by Crippen LogP contribution is -2.26. The minimum Gasteiger partial charge on any atom is -0.374 e. The summed E-state index contributed by atoms with van der Waals surface area (Å²) in [4.78, 5) is 3.96. The van der Waals surface area contributed by atoms with E-state index < -0.39 is 0 Å². The molecule has 0 aliphatic heterocycles. The van der Waals surface area contributed by atoms with Gasteiger partial charge in [-0.15, -0.1) is 0 Å². The average Bonchev–Trinajstić information content (AvgIpc) is 2.38. The van der Waals surface area contributed by atoms with E-state index in [1.54, 1.807) is 12.3 Å². The van der Waals surface area contributed by atoms with Crippen molar-refractivity contribution in [1.29, 1.82) is 5.26 Å². The molecule has 1 aliphatic rings. The first-order valence-electron chi connectivity index (χ1n) is 6.56. The minimum absolute atomic E-state index is 0.372. The Morgan fingerprint density at radius 3 is 2.83 bits per heavy atom. The fraction of sp³-hybridized carbons (Fsp3) is 0.600. The molecule has 1 aliphatic carbocycles. The van der Waals surface area contributed by atoms with Crippen LogP contribution in [-0.2, 0) is 11.3 Å². The maximum absolute atomic E-state index is 8.78. The Morgan fingerprint density at radius 1 is 1.44 bits per heavy atom. The fourth-order valence-corrected chi connectivity index (χ4v) is 2.38. The standard InChI is InChI=1S/C15H20N2O/c1-15(2)6-3-14(4-7-15)18-11-12-5-8-17-13(9-12)10-16/h5,8-9,14H,3-4,6-7,11H2,1-2H3. The zero-order valence-electron chi connectivity index (χ0n) is 11.1. The number of nitriles is 1. The van der Waals surface area contributed by atoms with E-state index in [1.165, 1.54) is 12.8 Å². The van der Waals surface area contributed by atoms with Gasteiger partial charge in [0.1, 0.15) is 11.8 Å². The normalized spacial score (nSPS) is 19.4. The predicted molar refractivity (Wildman–Crippen MR) is 69.8 cm³/mol. The van der Waals surface area contributed by atoms with Crippen LogP contribution >= 0.6 is 0 Å². The van der Waals surface area contributed by atoms with E-state index in [-0.39, 0.29) is 0 Å². The first-order valence-corrected chi connectivity index (χ1v) is 6.56. The number of hydrogen-bond donors (Lipinski definition) is 0. The highest BCUT2D eigenvalue weighted by atomic mass is 16.5. The summed E-state index contributed by atoms with van der Waals surface area (Å²) in [7, 11) is 0. The van der Waals surface area contributed by atoms with Crippen molar-refractivity contribution in [3.05, 3.63) is 29.6 Å². The van der Waals surface area contributed by atoms with Crippen molar-refractivity contribution in [2.24, 2.45) is 5.41 Å². The largest absolute Gasteiger partial charge is 0.374 e. The van der Waals surface area contributed by atoms with Gasteiger partial charge in [-0.2, -0.15) is 5.26 Å². The van der Waals surface area contributed by atoms with E-state index in [2.05, 4.69) is 18.8 Å². The molecule has 2 rings (SSSR count).